The second-order valence-corrected chi connectivity index (χ2v) is 9.60. The molecule has 3 heterocycles. The molecule has 2 aliphatic rings. The second-order valence-electron chi connectivity index (χ2n) is 9.60. The molecular weight excluding hydrogens is 530 g/mol. The third-order valence-electron chi connectivity index (χ3n) is 6.54. The van der Waals surface area contributed by atoms with Gasteiger partial charge in [0.15, 0.2) is 18.2 Å². The van der Waals surface area contributed by atoms with Crippen molar-refractivity contribution in [3.05, 3.63) is 66.2 Å². The van der Waals surface area contributed by atoms with Gasteiger partial charge in [0.25, 0.3) is 5.91 Å². The minimum Gasteiger partial charge on any atom is -0.494 e. The number of aromatic nitrogens is 1. The van der Waals surface area contributed by atoms with Crippen LogP contribution in [0.4, 0.5) is 21.2 Å². The molecule has 214 valence electrons. The molecule has 12 nitrogen and oxygen atoms in total. The first-order valence-electron chi connectivity index (χ1n) is 13.4. The van der Waals surface area contributed by atoms with E-state index in [0.29, 0.717) is 63.0 Å². The number of ether oxygens (including phenoxy) is 3. The van der Waals surface area contributed by atoms with Crippen molar-refractivity contribution >= 4 is 29.7 Å². The molecule has 2 aromatic carbocycles. The van der Waals surface area contributed by atoms with Crippen LogP contribution in [-0.4, -0.2) is 67.1 Å². The van der Waals surface area contributed by atoms with E-state index >= 15 is 0 Å². The third-order valence-corrected chi connectivity index (χ3v) is 6.54. The summed E-state index contributed by atoms with van der Waals surface area (Å²) < 4.78 is 16.6. The molecule has 0 bridgehead atoms. The number of pyridine rings is 1. The van der Waals surface area contributed by atoms with Crippen LogP contribution < -0.4 is 30.3 Å². The lowest BCUT2D eigenvalue weighted by atomic mass is 10.0. The molecule has 5 rings (SSSR count). The number of benzene rings is 2. The minimum absolute atomic E-state index is 0.0572. The van der Waals surface area contributed by atoms with Crippen LogP contribution in [0.25, 0.3) is 11.1 Å². The Bertz CT molecular complexity index is 1420. The molecule has 41 heavy (non-hydrogen) atoms. The number of carbonyl (C=O) groups is 3. The Morgan fingerprint density at radius 2 is 1.93 bits per heavy atom. The monoisotopic (exact) mass is 561 g/mol. The van der Waals surface area contributed by atoms with E-state index in [2.05, 4.69) is 27.0 Å². The molecule has 1 aromatic heterocycles. The average Bonchev–Trinajstić information content (AvgIpc) is 3.35. The molecular formula is C29H31N5O7. The van der Waals surface area contributed by atoms with E-state index in [0.717, 1.165) is 22.4 Å². The molecule has 2 aliphatic heterocycles. The predicted molar refractivity (Wildman–Crippen MR) is 150 cm³/mol. The molecule has 0 radical (unpaired) electrons. The fourth-order valence-corrected chi connectivity index (χ4v) is 4.54. The summed E-state index contributed by atoms with van der Waals surface area (Å²) in [5.41, 5.74) is 3.19. The zero-order valence-corrected chi connectivity index (χ0v) is 22.3. The first-order chi connectivity index (χ1) is 19.9. The van der Waals surface area contributed by atoms with Gasteiger partial charge in [0.1, 0.15) is 17.7 Å². The summed E-state index contributed by atoms with van der Waals surface area (Å²) >= 11 is 0. The number of amides is 3. The van der Waals surface area contributed by atoms with Crippen molar-refractivity contribution in [1.29, 1.82) is 0 Å². The molecule has 0 aliphatic carbocycles. The normalized spacial score (nSPS) is 15.9. The smallest absolute Gasteiger partial charge is 0.415 e. The van der Waals surface area contributed by atoms with E-state index in [4.69, 9.17) is 19.3 Å². The summed E-state index contributed by atoms with van der Waals surface area (Å²) in [5, 5.41) is 17.0. The first-order valence-corrected chi connectivity index (χ1v) is 13.4. The summed E-state index contributed by atoms with van der Waals surface area (Å²) in [6.45, 7) is 2.37. The number of nitrogens with one attached hydrogen (secondary N) is 3. The molecule has 0 saturated carbocycles. The maximum atomic E-state index is 12.5. The van der Waals surface area contributed by atoms with Gasteiger partial charge in [-0.05, 0) is 66.4 Å². The lowest BCUT2D eigenvalue weighted by molar-refractivity contribution is -0.118. The lowest BCUT2D eigenvalue weighted by Crippen LogP contribution is -2.29. The number of hydrogen-bond donors (Lipinski definition) is 4. The Balaban J connectivity index is 1.08. The topological polar surface area (TPSA) is 151 Å². The van der Waals surface area contributed by atoms with Gasteiger partial charge < -0.3 is 35.3 Å². The predicted octanol–water partition coefficient (Wildman–Crippen LogP) is 3.62. The zero-order chi connectivity index (χ0) is 28.6. The highest BCUT2D eigenvalue weighted by molar-refractivity contribution is 5.95. The van der Waals surface area contributed by atoms with Gasteiger partial charge in [0.05, 0.1) is 13.2 Å². The van der Waals surface area contributed by atoms with Gasteiger partial charge in [-0.15, -0.1) is 0 Å². The van der Waals surface area contributed by atoms with Crippen LogP contribution >= 0.6 is 0 Å². The maximum Gasteiger partial charge on any atom is 0.415 e. The number of cyclic esters (lactones) is 1. The Kier molecular flexibility index (Phi) is 8.79. The molecule has 1 fully saturated rings. The van der Waals surface area contributed by atoms with Crippen LogP contribution in [0.15, 0.2) is 60.7 Å². The van der Waals surface area contributed by atoms with Crippen molar-refractivity contribution in [3.63, 3.8) is 0 Å². The van der Waals surface area contributed by atoms with Gasteiger partial charge in [0, 0.05) is 13.1 Å². The number of carboxylic acid groups (broad SMARTS) is 1. The highest BCUT2D eigenvalue weighted by atomic mass is 16.6. The molecule has 3 amide bonds. The number of fused-ring (bicyclic) bond motifs is 1. The fourth-order valence-electron chi connectivity index (χ4n) is 4.54. The molecule has 0 spiro atoms. The van der Waals surface area contributed by atoms with Crippen molar-refractivity contribution in [2.24, 2.45) is 0 Å². The highest BCUT2D eigenvalue weighted by Crippen LogP contribution is 2.30. The summed E-state index contributed by atoms with van der Waals surface area (Å²) in [4.78, 5) is 40.4. The van der Waals surface area contributed by atoms with Crippen molar-refractivity contribution in [1.82, 2.24) is 15.6 Å². The van der Waals surface area contributed by atoms with Crippen LogP contribution in [0.1, 0.15) is 18.4 Å². The van der Waals surface area contributed by atoms with E-state index in [1.165, 1.54) is 4.90 Å². The van der Waals surface area contributed by atoms with Crippen LogP contribution in [0.2, 0.25) is 0 Å². The van der Waals surface area contributed by atoms with Gasteiger partial charge in [-0.2, -0.15) is 0 Å². The third kappa shape index (κ3) is 7.42. The van der Waals surface area contributed by atoms with Crippen LogP contribution in [0.5, 0.6) is 11.5 Å². The van der Waals surface area contributed by atoms with Gasteiger partial charge in [-0.25, -0.2) is 14.6 Å². The Labute approximate surface area is 236 Å². The lowest BCUT2D eigenvalue weighted by Gasteiger charge is -2.19. The van der Waals surface area contributed by atoms with Crippen molar-refractivity contribution < 1.29 is 33.7 Å². The standard InChI is InChI=1S/C29H31N5O7/c35-26-18-40-24-8-9-25(32-27(24)33-26)34-17-23(41-29(34)38)10-12-30-16-19-4-1-5-20(14-19)21-6-2-7-22(15-21)39-13-3-11-31-28(36)37/h1-2,4-9,14-15,23,30-31H,3,10-13,16-18H2,(H,36,37)(H,32,33,35). The number of hydrogen-bond acceptors (Lipinski definition) is 8. The summed E-state index contributed by atoms with van der Waals surface area (Å²) in [5.74, 6) is 1.60. The molecule has 1 unspecified atom stereocenters. The summed E-state index contributed by atoms with van der Waals surface area (Å²) in [6, 6.07) is 19.4. The molecule has 3 aromatic rings. The summed E-state index contributed by atoms with van der Waals surface area (Å²) in [6.07, 6.45) is -0.582. The summed E-state index contributed by atoms with van der Waals surface area (Å²) in [7, 11) is 0. The van der Waals surface area contributed by atoms with E-state index in [1.54, 1.807) is 12.1 Å². The molecule has 1 saturated heterocycles. The van der Waals surface area contributed by atoms with Gasteiger partial charge in [0.2, 0.25) is 0 Å². The number of carbonyl (C=O) groups excluding carboxylic acids is 2. The fraction of sp³-hybridized carbons (Fsp3) is 0.310. The van der Waals surface area contributed by atoms with Crippen molar-refractivity contribution in [2.75, 3.05) is 43.1 Å². The Morgan fingerprint density at radius 3 is 2.78 bits per heavy atom. The Morgan fingerprint density at radius 1 is 1.10 bits per heavy atom. The molecule has 1 atom stereocenters. The maximum absolute atomic E-state index is 12.5. The average molecular weight is 562 g/mol. The van der Waals surface area contributed by atoms with Gasteiger partial charge >= 0.3 is 12.2 Å². The second kappa shape index (κ2) is 13.0. The van der Waals surface area contributed by atoms with Crippen molar-refractivity contribution in [2.45, 2.75) is 25.5 Å². The van der Waals surface area contributed by atoms with E-state index < -0.39 is 12.2 Å². The van der Waals surface area contributed by atoms with Crippen LogP contribution in [0.3, 0.4) is 0 Å². The Hall–Kier alpha value is -4.84. The van der Waals surface area contributed by atoms with Gasteiger partial charge in [-0.3, -0.25) is 9.69 Å². The number of rotatable bonds is 12. The van der Waals surface area contributed by atoms with E-state index in [-0.39, 0.29) is 18.6 Å². The largest absolute Gasteiger partial charge is 0.494 e. The number of nitrogens with zero attached hydrogens (tertiary/aromatic N) is 2. The molecule has 4 N–H and O–H groups in total. The van der Waals surface area contributed by atoms with Crippen molar-refractivity contribution in [3.8, 4) is 22.6 Å². The SMILES string of the molecule is O=C(O)NCCCOc1cccc(-c2cccc(CNCCC3CN(c4ccc5c(n4)NC(=O)CO5)C(=O)O3)c2)c1. The van der Waals surface area contributed by atoms with Gasteiger partial charge in [-0.1, -0.05) is 30.3 Å². The van der Waals surface area contributed by atoms with Crippen LogP contribution in [-0.2, 0) is 16.1 Å². The molecule has 12 heteroatoms. The zero-order valence-electron chi connectivity index (χ0n) is 22.3. The van der Waals surface area contributed by atoms with Crippen LogP contribution in [0, 0.1) is 0 Å². The minimum atomic E-state index is -1.04. The van der Waals surface area contributed by atoms with E-state index in [9.17, 15) is 14.4 Å². The quantitative estimate of drug-likeness (QED) is 0.243. The van der Waals surface area contributed by atoms with E-state index in [1.807, 2.05) is 42.5 Å². The first kappa shape index (κ1) is 27.7. The number of anilines is 2. The highest BCUT2D eigenvalue weighted by Gasteiger charge is 2.33.